The van der Waals surface area contributed by atoms with Crippen LogP contribution in [0.15, 0.2) is 47.6 Å². The molecule has 0 saturated heterocycles. The Morgan fingerprint density at radius 3 is 2.85 bits per heavy atom. The van der Waals surface area contributed by atoms with Gasteiger partial charge in [0.25, 0.3) is 0 Å². The van der Waals surface area contributed by atoms with Crippen LogP contribution in [0.5, 0.6) is 11.5 Å². The maximum absolute atomic E-state index is 12.7. The van der Waals surface area contributed by atoms with E-state index in [9.17, 15) is 8.78 Å². The highest BCUT2D eigenvalue weighted by Crippen LogP contribution is 2.27. The van der Waals surface area contributed by atoms with Gasteiger partial charge in [-0.05, 0) is 30.7 Å². The predicted molar refractivity (Wildman–Crippen MR) is 100 cm³/mol. The van der Waals surface area contributed by atoms with Gasteiger partial charge < -0.3 is 20.5 Å². The summed E-state index contributed by atoms with van der Waals surface area (Å²) in [7, 11) is 0. The number of aliphatic imine (C=N–C) groups is 1. The number of aromatic nitrogens is 1. The van der Waals surface area contributed by atoms with E-state index in [4.69, 9.17) is 10.5 Å². The van der Waals surface area contributed by atoms with Crippen LogP contribution in [-0.4, -0.2) is 30.7 Å². The van der Waals surface area contributed by atoms with Crippen molar-refractivity contribution in [3.05, 3.63) is 53.9 Å². The van der Waals surface area contributed by atoms with Gasteiger partial charge in [-0.15, -0.1) is 0 Å². The maximum atomic E-state index is 12.7. The van der Waals surface area contributed by atoms with E-state index in [0.29, 0.717) is 30.9 Å². The molecule has 0 atom stereocenters. The molecule has 146 valence electrons. The summed E-state index contributed by atoms with van der Waals surface area (Å²) in [6, 6.07) is 10.5. The lowest BCUT2D eigenvalue weighted by Crippen LogP contribution is -2.33. The zero-order valence-electron chi connectivity index (χ0n) is 15.2. The average molecular weight is 378 g/mol. The Morgan fingerprint density at radius 2 is 2.15 bits per heavy atom. The fraction of sp³-hybridized carbons (Fsp3) is 0.368. The Kier molecular flexibility index (Phi) is 8.28. The fourth-order valence-corrected chi connectivity index (χ4v) is 2.27. The molecule has 0 bridgehead atoms. The van der Waals surface area contributed by atoms with E-state index < -0.39 is 6.61 Å². The number of pyridine rings is 1. The summed E-state index contributed by atoms with van der Waals surface area (Å²) in [5.74, 6) is 0.727. The van der Waals surface area contributed by atoms with Crippen molar-refractivity contribution in [1.82, 2.24) is 10.3 Å². The highest BCUT2D eigenvalue weighted by Gasteiger charge is 2.11. The summed E-state index contributed by atoms with van der Waals surface area (Å²) in [6.07, 6.45) is 3.24. The van der Waals surface area contributed by atoms with Gasteiger partial charge in [0.1, 0.15) is 11.5 Å². The molecule has 0 fully saturated rings. The molecule has 0 aliphatic heterocycles. The second kappa shape index (κ2) is 10.9. The molecule has 1 aromatic carbocycles. The number of alkyl halides is 2. The van der Waals surface area contributed by atoms with Gasteiger partial charge in [-0.1, -0.05) is 13.0 Å². The van der Waals surface area contributed by atoms with Crippen LogP contribution in [-0.2, 0) is 13.0 Å². The normalized spacial score (nSPS) is 11.5. The molecule has 0 radical (unpaired) electrons. The molecule has 0 spiro atoms. The second-order valence-corrected chi connectivity index (χ2v) is 5.70. The molecule has 0 amide bonds. The van der Waals surface area contributed by atoms with Crippen LogP contribution >= 0.6 is 0 Å². The number of nitrogens with two attached hydrogens (primary N) is 1. The van der Waals surface area contributed by atoms with E-state index in [1.54, 1.807) is 18.3 Å². The first kappa shape index (κ1) is 20.4. The number of hydrogen-bond acceptors (Lipinski definition) is 4. The smallest absolute Gasteiger partial charge is 0.387 e. The molecule has 0 saturated carbocycles. The zero-order valence-corrected chi connectivity index (χ0v) is 15.2. The molecule has 3 N–H and O–H groups in total. The van der Waals surface area contributed by atoms with Gasteiger partial charge in [0, 0.05) is 36.5 Å². The molecule has 6 nitrogen and oxygen atoms in total. The van der Waals surface area contributed by atoms with Crippen molar-refractivity contribution in [1.29, 1.82) is 0 Å². The van der Waals surface area contributed by atoms with Crippen LogP contribution in [0.25, 0.3) is 0 Å². The molecular weight excluding hydrogens is 354 g/mol. The Hall–Kier alpha value is -2.90. The van der Waals surface area contributed by atoms with Crippen LogP contribution in [0.2, 0.25) is 0 Å². The van der Waals surface area contributed by atoms with Gasteiger partial charge >= 0.3 is 6.61 Å². The van der Waals surface area contributed by atoms with Gasteiger partial charge in [-0.25, -0.2) is 4.99 Å². The van der Waals surface area contributed by atoms with Crippen molar-refractivity contribution in [2.24, 2.45) is 10.7 Å². The maximum Gasteiger partial charge on any atom is 0.387 e. The first-order valence-corrected chi connectivity index (χ1v) is 8.72. The number of benzene rings is 1. The quantitative estimate of drug-likeness (QED) is 0.490. The van der Waals surface area contributed by atoms with Gasteiger partial charge in [0.15, 0.2) is 5.96 Å². The average Bonchev–Trinajstić information content (AvgIpc) is 2.66. The summed E-state index contributed by atoms with van der Waals surface area (Å²) in [6.45, 7) is 0.208. The Balaban J connectivity index is 1.94. The number of guanidine groups is 1. The zero-order chi connectivity index (χ0) is 19.5. The SMILES string of the molecule is CCCOc1ccc(CN=C(N)NCCc2ccccn2)c(OC(F)F)c1. The van der Waals surface area contributed by atoms with Crippen LogP contribution in [0.4, 0.5) is 8.78 Å². The van der Waals surface area contributed by atoms with Crippen molar-refractivity contribution in [3.63, 3.8) is 0 Å². The van der Waals surface area contributed by atoms with Crippen LogP contribution in [0.3, 0.4) is 0 Å². The lowest BCUT2D eigenvalue weighted by molar-refractivity contribution is -0.0505. The topological polar surface area (TPSA) is 81.8 Å². The van der Waals surface area contributed by atoms with E-state index in [0.717, 1.165) is 12.1 Å². The minimum atomic E-state index is -2.93. The van der Waals surface area contributed by atoms with Gasteiger partial charge in [0.05, 0.1) is 13.2 Å². The number of nitrogens with zero attached hydrogens (tertiary/aromatic N) is 2. The molecular formula is C19H24F2N4O2. The van der Waals surface area contributed by atoms with Gasteiger partial charge in [-0.3, -0.25) is 4.98 Å². The summed E-state index contributed by atoms with van der Waals surface area (Å²) in [5.41, 5.74) is 7.27. The first-order valence-electron chi connectivity index (χ1n) is 8.72. The second-order valence-electron chi connectivity index (χ2n) is 5.70. The largest absolute Gasteiger partial charge is 0.493 e. The number of rotatable bonds is 10. The Morgan fingerprint density at radius 1 is 1.30 bits per heavy atom. The number of ether oxygens (including phenoxy) is 2. The summed E-state index contributed by atoms with van der Waals surface area (Å²) >= 11 is 0. The van der Waals surface area contributed by atoms with Crippen LogP contribution < -0.4 is 20.5 Å². The number of nitrogens with one attached hydrogen (secondary N) is 1. The lowest BCUT2D eigenvalue weighted by atomic mass is 10.2. The van der Waals surface area contributed by atoms with E-state index in [1.165, 1.54) is 6.07 Å². The summed E-state index contributed by atoms with van der Waals surface area (Å²) in [4.78, 5) is 8.40. The molecule has 0 aliphatic rings. The molecule has 0 unspecified atom stereocenters. The minimum Gasteiger partial charge on any atom is -0.493 e. The third kappa shape index (κ3) is 7.47. The molecule has 8 heteroatoms. The highest BCUT2D eigenvalue weighted by molar-refractivity contribution is 5.77. The third-order valence-corrected chi connectivity index (χ3v) is 3.56. The van der Waals surface area contributed by atoms with Gasteiger partial charge in [0.2, 0.25) is 0 Å². The van der Waals surface area contributed by atoms with E-state index in [-0.39, 0.29) is 18.3 Å². The standard InChI is InChI=1S/C19H24F2N4O2/c1-2-11-26-16-7-6-14(17(12-16)27-18(20)21)13-25-19(22)24-10-8-15-5-3-4-9-23-15/h3-7,9,12,18H,2,8,10-11,13H2,1H3,(H3,22,24,25). The lowest BCUT2D eigenvalue weighted by Gasteiger charge is -2.12. The van der Waals surface area contributed by atoms with Crippen LogP contribution in [0, 0.1) is 0 Å². The Labute approximate surface area is 157 Å². The molecule has 1 aromatic heterocycles. The predicted octanol–water partition coefficient (Wildman–Crippen LogP) is 3.12. The van der Waals surface area contributed by atoms with Crippen molar-refractivity contribution in [2.75, 3.05) is 13.2 Å². The van der Waals surface area contributed by atoms with Crippen molar-refractivity contribution < 1.29 is 18.3 Å². The monoisotopic (exact) mass is 378 g/mol. The third-order valence-electron chi connectivity index (χ3n) is 3.56. The van der Waals surface area contributed by atoms with E-state index in [2.05, 4.69) is 20.0 Å². The van der Waals surface area contributed by atoms with Crippen molar-refractivity contribution in [2.45, 2.75) is 32.9 Å². The molecule has 0 aliphatic carbocycles. The minimum absolute atomic E-state index is 0.0311. The van der Waals surface area contributed by atoms with Crippen molar-refractivity contribution in [3.8, 4) is 11.5 Å². The van der Waals surface area contributed by atoms with Crippen molar-refractivity contribution >= 4 is 5.96 Å². The first-order chi connectivity index (χ1) is 13.1. The fourth-order valence-electron chi connectivity index (χ4n) is 2.27. The summed E-state index contributed by atoms with van der Waals surface area (Å²) < 4.78 is 35.4. The highest BCUT2D eigenvalue weighted by atomic mass is 19.3. The molecule has 1 heterocycles. The molecule has 27 heavy (non-hydrogen) atoms. The number of hydrogen-bond donors (Lipinski definition) is 2. The molecule has 2 aromatic rings. The van der Waals surface area contributed by atoms with E-state index in [1.807, 2.05) is 25.1 Å². The molecule has 2 rings (SSSR count). The summed E-state index contributed by atoms with van der Waals surface area (Å²) in [5, 5.41) is 2.97. The Bertz CT molecular complexity index is 727. The van der Waals surface area contributed by atoms with Crippen LogP contribution in [0.1, 0.15) is 24.6 Å². The van der Waals surface area contributed by atoms with E-state index >= 15 is 0 Å². The number of halogens is 2. The van der Waals surface area contributed by atoms with Gasteiger partial charge in [-0.2, -0.15) is 8.78 Å².